The lowest BCUT2D eigenvalue weighted by Gasteiger charge is -2.32. The molecule has 2 heterocycles. The molecule has 5 heteroatoms. The molecule has 1 aliphatic heterocycles. The number of piperidine rings is 1. The van der Waals surface area contributed by atoms with Crippen molar-refractivity contribution >= 4 is 28.5 Å². The van der Waals surface area contributed by atoms with Crippen LogP contribution in [0, 0.1) is 12.8 Å². The first-order valence-corrected chi connectivity index (χ1v) is 8.48. The Morgan fingerprint density at radius 2 is 2.05 bits per heavy atom. The zero-order valence-corrected chi connectivity index (χ0v) is 13.7. The number of alkyl halides is 1. The average molecular weight is 320 g/mol. The maximum Gasteiger partial charge on any atom is 0.223 e. The van der Waals surface area contributed by atoms with Crippen LogP contribution in [-0.4, -0.2) is 39.3 Å². The Balaban J connectivity index is 1.65. The van der Waals surface area contributed by atoms with E-state index < -0.39 is 0 Å². The van der Waals surface area contributed by atoms with Crippen molar-refractivity contribution in [2.75, 3.05) is 19.0 Å². The number of rotatable bonds is 4. The molecule has 0 aliphatic carbocycles. The van der Waals surface area contributed by atoms with Gasteiger partial charge in [-0.05, 0) is 37.8 Å². The lowest BCUT2D eigenvalue weighted by atomic mass is 9.96. The van der Waals surface area contributed by atoms with Gasteiger partial charge in [0.2, 0.25) is 5.91 Å². The zero-order valence-electron chi connectivity index (χ0n) is 13.0. The fourth-order valence-corrected chi connectivity index (χ4v) is 3.45. The Morgan fingerprint density at radius 3 is 2.77 bits per heavy atom. The number of hydrogen-bond donors (Lipinski definition) is 0. The van der Waals surface area contributed by atoms with Gasteiger partial charge in [0.25, 0.3) is 0 Å². The minimum absolute atomic E-state index is 0.192. The van der Waals surface area contributed by atoms with Gasteiger partial charge in [0.15, 0.2) is 0 Å². The number of carbonyl (C=O) groups excluding carboxylic acids is 1. The standard InChI is InChI=1S/C17H22ClN3O/c1-13-19-15-4-2-3-5-16(15)21(13)12-14-7-10-20(11-8-14)17(22)6-9-18/h2-5,14H,6-12H2,1H3. The van der Waals surface area contributed by atoms with Gasteiger partial charge in [-0.25, -0.2) is 4.98 Å². The Bertz CT molecular complexity index is 659. The lowest BCUT2D eigenvalue weighted by Crippen LogP contribution is -2.39. The van der Waals surface area contributed by atoms with Crippen LogP contribution in [0.15, 0.2) is 24.3 Å². The second-order valence-electron chi connectivity index (χ2n) is 6.02. The summed E-state index contributed by atoms with van der Waals surface area (Å²) in [5, 5.41) is 0. The van der Waals surface area contributed by atoms with E-state index in [2.05, 4.69) is 34.7 Å². The molecule has 1 amide bonds. The molecule has 0 unspecified atom stereocenters. The van der Waals surface area contributed by atoms with Crippen LogP contribution in [-0.2, 0) is 11.3 Å². The Kier molecular flexibility index (Phi) is 4.67. The molecule has 2 aromatic rings. The molecular weight excluding hydrogens is 298 g/mol. The van der Waals surface area contributed by atoms with Crippen LogP contribution in [0.1, 0.15) is 25.1 Å². The minimum atomic E-state index is 0.192. The van der Waals surface area contributed by atoms with Crippen molar-refractivity contribution in [1.29, 1.82) is 0 Å². The molecule has 1 aromatic heterocycles. The smallest absolute Gasteiger partial charge is 0.223 e. The highest BCUT2D eigenvalue weighted by molar-refractivity contribution is 6.18. The summed E-state index contributed by atoms with van der Waals surface area (Å²) in [7, 11) is 0. The predicted molar refractivity (Wildman–Crippen MR) is 89.1 cm³/mol. The van der Waals surface area contributed by atoms with Crippen molar-refractivity contribution < 1.29 is 4.79 Å². The molecule has 3 rings (SSSR count). The van der Waals surface area contributed by atoms with Crippen LogP contribution in [0.4, 0.5) is 0 Å². The van der Waals surface area contributed by atoms with Crippen LogP contribution < -0.4 is 0 Å². The van der Waals surface area contributed by atoms with E-state index in [1.165, 1.54) is 5.52 Å². The maximum atomic E-state index is 11.9. The van der Waals surface area contributed by atoms with Crippen molar-refractivity contribution in [3.63, 3.8) is 0 Å². The molecule has 1 aromatic carbocycles. The largest absolute Gasteiger partial charge is 0.343 e. The molecule has 1 aliphatic rings. The second kappa shape index (κ2) is 6.69. The van der Waals surface area contributed by atoms with Crippen LogP contribution >= 0.6 is 11.6 Å². The van der Waals surface area contributed by atoms with Gasteiger partial charge in [-0.1, -0.05) is 12.1 Å². The number of para-hydroxylation sites is 2. The van der Waals surface area contributed by atoms with Crippen molar-refractivity contribution in [2.45, 2.75) is 32.7 Å². The monoisotopic (exact) mass is 319 g/mol. The molecule has 0 N–H and O–H groups in total. The summed E-state index contributed by atoms with van der Waals surface area (Å²) < 4.78 is 2.32. The molecule has 1 saturated heterocycles. The third kappa shape index (κ3) is 3.12. The molecule has 0 atom stereocenters. The Morgan fingerprint density at radius 1 is 1.32 bits per heavy atom. The van der Waals surface area contributed by atoms with Gasteiger partial charge in [0.05, 0.1) is 11.0 Å². The molecule has 0 saturated carbocycles. The van der Waals surface area contributed by atoms with Gasteiger partial charge < -0.3 is 9.47 Å². The summed E-state index contributed by atoms with van der Waals surface area (Å²) in [5.74, 6) is 2.29. The van der Waals surface area contributed by atoms with Crippen LogP contribution in [0.2, 0.25) is 0 Å². The van der Waals surface area contributed by atoms with Gasteiger partial charge in [0.1, 0.15) is 5.82 Å². The maximum absolute atomic E-state index is 11.9. The average Bonchev–Trinajstić information content (AvgIpc) is 2.84. The van der Waals surface area contributed by atoms with E-state index in [0.717, 1.165) is 43.8 Å². The number of nitrogens with zero attached hydrogens (tertiary/aromatic N) is 3. The number of benzene rings is 1. The fourth-order valence-electron chi connectivity index (χ4n) is 3.29. The highest BCUT2D eigenvalue weighted by Crippen LogP contribution is 2.23. The number of likely N-dealkylation sites (tertiary alicyclic amines) is 1. The van der Waals surface area contributed by atoms with Crippen LogP contribution in [0.25, 0.3) is 11.0 Å². The topological polar surface area (TPSA) is 38.1 Å². The van der Waals surface area contributed by atoms with E-state index in [9.17, 15) is 4.79 Å². The number of fused-ring (bicyclic) bond motifs is 1. The first kappa shape index (κ1) is 15.3. The van der Waals surface area contributed by atoms with Crippen LogP contribution in [0.3, 0.4) is 0 Å². The number of imidazole rings is 1. The van der Waals surface area contributed by atoms with Gasteiger partial charge in [-0.2, -0.15) is 0 Å². The number of amides is 1. The van der Waals surface area contributed by atoms with Gasteiger partial charge in [0, 0.05) is 31.9 Å². The zero-order chi connectivity index (χ0) is 15.5. The van der Waals surface area contributed by atoms with E-state index in [4.69, 9.17) is 11.6 Å². The molecule has 118 valence electrons. The Labute approximate surface area is 136 Å². The number of aromatic nitrogens is 2. The van der Waals surface area contributed by atoms with Gasteiger partial charge in [-0.3, -0.25) is 4.79 Å². The SMILES string of the molecule is Cc1nc2ccccc2n1CC1CCN(C(=O)CCCl)CC1. The normalized spacial score (nSPS) is 16.4. The molecule has 0 bridgehead atoms. The number of aryl methyl sites for hydroxylation is 1. The third-order valence-corrected chi connectivity index (χ3v) is 4.75. The lowest BCUT2D eigenvalue weighted by molar-refractivity contribution is -0.132. The molecule has 22 heavy (non-hydrogen) atoms. The summed E-state index contributed by atoms with van der Waals surface area (Å²) in [6, 6.07) is 8.29. The van der Waals surface area contributed by atoms with E-state index in [1.54, 1.807) is 0 Å². The highest BCUT2D eigenvalue weighted by atomic mass is 35.5. The van der Waals surface area contributed by atoms with Crippen molar-refractivity contribution in [3.05, 3.63) is 30.1 Å². The Hall–Kier alpha value is -1.55. The predicted octanol–water partition coefficient (Wildman–Crippen LogP) is 3.21. The van der Waals surface area contributed by atoms with Crippen molar-refractivity contribution in [2.24, 2.45) is 5.92 Å². The van der Waals surface area contributed by atoms with E-state index in [1.807, 2.05) is 11.0 Å². The number of halogens is 1. The quantitative estimate of drug-likeness (QED) is 0.812. The van der Waals surface area contributed by atoms with Gasteiger partial charge >= 0.3 is 0 Å². The summed E-state index contributed by atoms with van der Waals surface area (Å²) in [4.78, 5) is 18.5. The summed E-state index contributed by atoms with van der Waals surface area (Å²) in [5.41, 5.74) is 2.27. The van der Waals surface area contributed by atoms with Crippen molar-refractivity contribution in [1.82, 2.24) is 14.5 Å². The fraction of sp³-hybridized carbons (Fsp3) is 0.529. The first-order chi connectivity index (χ1) is 10.7. The summed E-state index contributed by atoms with van der Waals surface area (Å²) in [6.45, 7) is 4.77. The molecular formula is C17H22ClN3O. The molecule has 0 spiro atoms. The summed E-state index contributed by atoms with van der Waals surface area (Å²) >= 11 is 5.65. The van der Waals surface area contributed by atoms with E-state index in [0.29, 0.717) is 18.2 Å². The number of hydrogen-bond acceptors (Lipinski definition) is 2. The molecule has 4 nitrogen and oxygen atoms in total. The van der Waals surface area contributed by atoms with Gasteiger partial charge in [-0.15, -0.1) is 11.6 Å². The first-order valence-electron chi connectivity index (χ1n) is 7.94. The minimum Gasteiger partial charge on any atom is -0.343 e. The van der Waals surface area contributed by atoms with E-state index in [-0.39, 0.29) is 5.91 Å². The molecule has 0 radical (unpaired) electrons. The third-order valence-electron chi connectivity index (χ3n) is 4.56. The highest BCUT2D eigenvalue weighted by Gasteiger charge is 2.23. The van der Waals surface area contributed by atoms with Crippen molar-refractivity contribution in [3.8, 4) is 0 Å². The number of carbonyl (C=O) groups is 1. The molecule has 1 fully saturated rings. The van der Waals surface area contributed by atoms with Crippen LogP contribution in [0.5, 0.6) is 0 Å². The summed E-state index contributed by atoms with van der Waals surface area (Å²) in [6.07, 6.45) is 2.57. The van der Waals surface area contributed by atoms with E-state index >= 15 is 0 Å². The second-order valence-corrected chi connectivity index (χ2v) is 6.40.